The Hall–Kier alpha value is -2.63. The van der Waals surface area contributed by atoms with Gasteiger partial charge in [-0.2, -0.15) is 4.72 Å². The molecule has 2 aromatic carbocycles. The number of nitrogens with one attached hydrogen (secondary N) is 2. The molecule has 0 spiro atoms. The monoisotopic (exact) mass is 568 g/mol. The van der Waals surface area contributed by atoms with Gasteiger partial charge in [0.05, 0.1) is 11.5 Å². The van der Waals surface area contributed by atoms with Crippen molar-refractivity contribution in [3.05, 3.63) is 36.4 Å². The molecule has 3 aromatic rings. The maximum absolute atomic E-state index is 13.1. The van der Waals surface area contributed by atoms with E-state index in [0.717, 1.165) is 6.42 Å². The molecule has 0 aliphatic carbocycles. The van der Waals surface area contributed by atoms with E-state index in [9.17, 15) is 18.0 Å². The first-order valence-electron chi connectivity index (χ1n) is 11.3. The van der Waals surface area contributed by atoms with E-state index in [0.29, 0.717) is 39.4 Å². The number of furan rings is 1. The summed E-state index contributed by atoms with van der Waals surface area (Å²) in [5.41, 5.74) is 1.40. The van der Waals surface area contributed by atoms with Crippen molar-refractivity contribution in [2.24, 2.45) is 5.92 Å². The summed E-state index contributed by atoms with van der Waals surface area (Å²) in [6.45, 7) is 5.95. The number of anilines is 1. The Kier molecular flexibility index (Phi) is 9.15. The number of halogens is 1. The van der Waals surface area contributed by atoms with E-state index in [1.165, 1.54) is 12.1 Å². The lowest BCUT2D eigenvalue weighted by Gasteiger charge is -2.20. The third kappa shape index (κ3) is 6.74. The summed E-state index contributed by atoms with van der Waals surface area (Å²) in [6.07, 6.45) is 0.993. The Morgan fingerprint density at radius 3 is 2.49 bits per heavy atom. The maximum atomic E-state index is 13.1. The lowest BCUT2D eigenvalue weighted by Crippen LogP contribution is -2.45. The van der Waals surface area contributed by atoms with Crippen LogP contribution < -0.4 is 10.0 Å². The average Bonchev–Trinajstić information content (AvgIpc) is 3.18. The van der Waals surface area contributed by atoms with Crippen LogP contribution >= 0.6 is 15.9 Å². The zero-order valence-electron chi connectivity index (χ0n) is 19.8. The molecule has 1 aromatic heterocycles. The van der Waals surface area contributed by atoms with Crippen molar-refractivity contribution in [1.82, 2.24) is 4.72 Å². The van der Waals surface area contributed by atoms with Gasteiger partial charge >= 0.3 is 12.1 Å². The molecule has 0 fully saturated rings. The van der Waals surface area contributed by atoms with E-state index in [1.807, 2.05) is 6.92 Å². The molecule has 0 radical (unpaired) electrons. The van der Waals surface area contributed by atoms with Crippen LogP contribution in [-0.2, 0) is 24.3 Å². The minimum absolute atomic E-state index is 0.0345. The fraction of sp³-hybridized carbons (Fsp3) is 0.417. The lowest BCUT2D eigenvalue weighted by atomic mass is 10.1. The first-order chi connectivity index (χ1) is 16.7. The second kappa shape index (κ2) is 11.9. The summed E-state index contributed by atoms with van der Waals surface area (Å²) in [5, 5.41) is 4.56. The molecule has 1 heterocycles. The second-order valence-corrected chi connectivity index (χ2v) is 10.8. The first kappa shape index (κ1) is 27.0. The molecule has 11 heteroatoms. The Bertz CT molecular complexity index is 1300. The van der Waals surface area contributed by atoms with Crippen molar-refractivity contribution in [3.63, 3.8) is 0 Å². The lowest BCUT2D eigenvalue weighted by molar-refractivity contribution is -0.146. The van der Waals surface area contributed by atoms with E-state index in [4.69, 9.17) is 13.9 Å². The van der Waals surface area contributed by atoms with Crippen molar-refractivity contribution < 1.29 is 31.9 Å². The number of ether oxygens (including phenoxy) is 2. The van der Waals surface area contributed by atoms with Crippen LogP contribution in [0.15, 0.2) is 45.7 Å². The molecule has 1 amide bonds. The number of rotatable bonds is 11. The number of carbonyl (C=O) groups excluding carboxylic acids is 2. The van der Waals surface area contributed by atoms with Crippen LogP contribution in [0.25, 0.3) is 21.9 Å². The van der Waals surface area contributed by atoms with Crippen LogP contribution in [-0.4, -0.2) is 45.1 Å². The summed E-state index contributed by atoms with van der Waals surface area (Å²) in [4.78, 5) is 24.3. The zero-order chi connectivity index (χ0) is 25.6. The van der Waals surface area contributed by atoms with E-state index in [-0.39, 0.29) is 24.0 Å². The highest BCUT2D eigenvalue weighted by molar-refractivity contribution is 9.09. The van der Waals surface area contributed by atoms with Crippen molar-refractivity contribution in [2.45, 2.75) is 44.6 Å². The van der Waals surface area contributed by atoms with E-state index in [2.05, 4.69) is 26.0 Å². The number of esters is 1. The minimum Gasteiger partial charge on any atom is -0.464 e. The SMILES string of the molecule is CCCCOC(=O)C(NS(=O)(=O)c1ccc2c(c1)oc1ccc(NC(=O)OCCBr)cc12)C(C)C. The highest BCUT2D eigenvalue weighted by Crippen LogP contribution is 2.32. The molecule has 1 unspecified atom stereocenters. The topological polar surface area (TPSA) is 124 Å². The molecule has 35 heavy (non-hydrogen) atoms. The molecule has 3 rings (SSSR count). The van der Waals surface area contributed by atoms with Gasteiger partial charge in [0.2, 0.25) is 10.0 Å². The molecule has 9 nitrogen and oxygen atoms in total. The van der Waals surface area contributed by atoms with Crippen molar-refractivity contribution in [1.29, 1.82) is 0 Å². The number of carbonyl (C=O) groups is 2. The highest BCUT2D eigenvalue weighted by Gasteiger charge is 2.30. The van der Waals surface area contributed by atoms with Gasteiger partial charge in [-0.25, -0.2) is 13.2 Å². The number of amides is 1. The van der Waals surface area contributed by atoms with Crippen molar-refractivity contribution in [2.75, 3.05) is 23.9 Å². The van der Waals surface area contributed by atoms with E-state index in [1.54, 1.807) is 38.1 Å². The van der Waals surface area contributed by atoms with Gasteiger partial charge < -0.3 is 13.9 Å². The summed E-state index contributed by atoms with van der Waals surface area (Å²) in [5.74, 6) is -0.905. The van der Waals surface area contributed by atoms with Gasteiger partial charge in [-0.15, -0.1) is 0 Å². The number of hydrogen-bond acceptors (Lipinski definition) is 7. The zero-order valence-corrected chi connectivity index (χ0v) is 22.2. The molecule has 0 bridgehead atoms. The molecule has 1 atom stereocenters. The Morgan fingerprint density at radius 2 is 1.80 bits per heavy atom. The van der Waals surface area contributed by atoms with E-state index >= 15 is 0 Å². The van der Waals surface area contributed by atoms with Crippen LogP contribution in [0.5, 0.6) is 0 Å². The van der Waals surface area contributed by atoms with Gasteiger partial charge in [0.15, 0.2) is 0 Å². The van der Waals surface area contributed by atoms with Crippen LogP contribution in [0.4, 0.5) is 10.5 Å². The van der Waals surface area contributed by atoms with Gasteiger partial charge in [0.25, 0.3) is 0 Å². The molecule has 190 valence electrons. The van der Waals surface area contributed by atoms with Crippen LogP contribution in [0, 0.1) is 5.92 Å². The minimum atomic E-state index is -4.03. The van der Waals surface area contributed by atoms with Gasteiger partial charge in [0.1, 0.15) is 23.8 Å². The third-order valence-corrected chi connectivity index (χ3v) is 7.02. The molecule has 0 saturated heterocycles. The van der Waals surface area contributed by atoms with Crippen LogP contribution in [0.3, 0.4) is 0 Å². The predicted octanol–water partition coefficient (Wildman–Crippen LogP) is 5.18. The number of sulfonamides is 1. The molecule has 0 saturated carbocycles. The normalized spacial score (nSPS) is 12.7. The van der Waals surface area contributed by atoms with Crippen LogP contribution in [0.2, 0.25) is 0 Å². The summed E-state index contributed by atoms with van der Waals surface area (Å²) in [7, 11) is -4.03. The largest absolute Gasteiger partial charge is 0.464 e. The summed E-state index contributed by atoms with van der Waals surface area (Å²) < 4.78 is 44.7. The smallest absolute Gasteiger partial charge is 0.411 e. The fourth-order valence-corrected chi connectivity index (χ4v) is 4.90. The number of benzene rings is 2. The molecule has 0 aliphatic heterocycles. The molecular formula is C24H29BrN2O7S. The molecular weight excluding hydrogens is 540 g/mol. The standard InChI is InChI=1S/C24H29BrN2O7S/c1-4-5-11-32-23(28)22(15(2)3)27-35(30,31)17-7-8-18-19-13-16(26-24(29)33-12-10-25)6-9-20(19)34-21(18)14-17/h6-9,13-15,22,27H,4-5,10-12H2,1-3H3,(H,26,29). The summed E-state index contributed by atoms with van der Waals surface area (Å²) >= 11 is 3.19. The predicted molar refractivity (Wildman–Crippen MR) is 137 cm³/mol. The first-order valence-corrected chi connectivity index (χ1v) is 13.9. The van der Waals surface area contributed by atoms with Gasteiger partial charge in [-0.05, 0) is 42.7 Å². The van der Waals surface area contributed by atoms with Crippen LogP contribution in [0.1, 0.15) is 33.6 Å². The molecule has 0 aliphatic rings. The average molecular weight is 569 g/mol. The quantitative estimate of drug-likeness (QED) is 0.185. The third-order valence-electron chi connectivity index (χ3n) is 5.25. The van der Waals surface area contributed by atoms with Crippen molar-refractivity contribution >= 4 is 65.6 Å². The fourth-order valence-electron chi connectivity index (χ4n) is 3.39. The van der Waals surface area contributed by atoms with Gasteiger partial charge in [-0.3, -0.25) is 10.1 Å². The number of hydrogen-bond donors (Lipinski definition) is 2. The van der Waals surface area contributed by atoms with Crippen molar-refractivity contribution in [3.8, 4) is 0 Å². The van der Waals surface area contributed by atoms with E-state index < -0.39 is 28.1 Å². The summed E-state index contributed by atoms with van der Waals surface area (Å²) in [6, 6.07) is 8.55. The Labute approximate surface area is 212 Å². The number of fused-ring (bicyclic) bond motifs is 3. The second-order valence-electron chi connectivity index (χ2n) is 8.28. The molecule has 2 N–H and O–H groups in total. The Morgan fingerprint density at radius 1 is 1.03 bits per heavy atom. The maximum Gasteiger partial charge on any atom is 0.411 e. The number of alkyl halides is 1. The highest BCUT2D eigenvalue weighted by atomic mass is 79.9. The van der Waals surface area contributed by atoms with Gasteiger partial charge in [0, 0.05) is 27.9 Å². The van der Waals surface area contributed by atoms with Gasteiger partial charge in [-0.1, -0.05) is 43.1 Å². The number of unbranched alkanes of at least 4 members (excludes halogenated alkanes) is 1. The Balaban J connectivity index is 1.85.